The highest BCUT2D eigenvalue weighted by atomic mass is 16.2. The SMILES string of the molecule is C=C(C)CN(CC)C(=O)C(C)N1CCN(CC(=O)NC(C)C)CC1. The molecule has 0 aromatic rings. The van der Waals surface area contributed by atoms with Crippen molar-refractivity contribution in [2.45, 2.75) is 46.7 Å². The van der Waals surface area contributed by atoms with Crippen LogP contribution in [0.1, 0.15) is 34.6 Å². The molecule has 1 atom stereocenters. The van der Waals surface area contributed by atoms with Crippen LogP contribution in [0.5, 0.6) is 0 Å². The highest BCUT2D eigenvalue weighted by molar-refractivity contribution is 5.81. The summed E-state index contributed by atoms with van der Waals surface area (Å²) in [5.41, 5.74) is 0.999. The predicted molar refractivity (Wildman–Crippen MR) is 97.8 cm³/mol. The van der Waals surface area contributed by atoms with Gasteiger partial charge in [-0.3, -0.25) is 19.4 Å². The Morgan fingerprint density at radius 3 is 2.21 bits per heavy atom. The summed E-state index contributed by atoms with van der Waals surface area (Å²) in [5, 5.41) is 2.92. The van der Waals surface area contributed by atoms with Crippen LogP contribution in [0.4, 0.5) is 0 Å². The first-order valence-electron chi connectivity index (χ1n) is 8.93. The Morgan fingerprint density at radius 2 is 1.75 bits per heavy atom. The summed E-state index contributed by atoms with van der Waals surface area (Å²) in [4.78, 5) is 30.7. The van der Waals surface area contributed by atoms with E-state index in [-0.39, 0.29) is 23.9 Å². The van der Waals surface area contributed by atoms with Gasteiger partial charge in [0.15, 0.2) is 0 Å². The van der Waals surface area contributed by atoms with E-state index < -0.39 is 0 Å². The van der Waals surface area contributed by atoms with Crippen molar-refractivity contribution in [1.82, 2.24) is 20.0 Å². The summed E-state index contributed by atoms with van der Waals surface area (Å²) in [6.45, 7) is 18.8. The third-order valence-corrected chi connectivity index (χ3v) is 4.28. The maximum atomic E-state index is 12.7. The minimum atomic E-state index is -0.129. The summed E-state index contributed by atoms with van der Waals surface area (Å²) in [5.74, 6) is 0.229. The lowest BCUT2D eigenvalue weighted by Crippen LogP contribution is -2.56. The molecular weight excluding hydrogens is 304 g/mol. The van der Waals surface area contributed by atoms with Crippen LogP contribution in [0.25, 0.3) is 0 Å². The van der Waals surface area contributed by atoms with Crippen LogP contribution in [-0.4, -0.2) is 84.4 Å². The maximum Gasteiger partial charge on any atom is 0.239 e. The third kappa shape index (κ3) is 6.61. The van der Waals surface area contributed by atoms with Crippen LogP contribution in [0, 0.1) is 0 Å². The number of nitrogens with one attached hydrogen (secondary N) is 1. The van der Waals surface area contributed by atoms with Crippen LogP contribution in [0.2, 0.25) is 0 Å². The summed E-state index contributed by atoms with van der Waals surface area (Å²) in [6.07, 6.45) is 0. The number of rotatable bonds is 8. The van der Waals surface area contributed by atoms with Crippen molar-refractivity contribution in [3.8, 4) is 0 Å². The number of hydrogen-bond acceptors (Lipinski definition) is 4. The van der Waals surface area contributed by atoms with Gasteiger partial charge in [-0.25, -0.2) is 0 Å². The fraction of sp³-hybridized carbons (Fsp3) is 0.778. The highest BCUT2D eigenvalue weighted by Gasteiger charge is 2.28. The van der Waals surface area contributed by atoms with Gasteiger partial charge in [-0.15, -0.1) is 0 Å². The summed E-state index contributed by atoms with van der Waals surface area (Å²) < 4.78 is 0. The molecule has 1 N–H and O–H groups in total. The van der Waals surface area contributed by atoms with Crippen LogP contribution < -0.4 is 5.32 Å². The van der Waals surface area contributed by atoms with Crippen molar-refractivity contribution in [1.29, 1.82) is 0 Å². The fourth-order valence-electron chi connectivity index (χ4n) is 2.97. The Bertz CT molecular complexity index is 442. The molecule has 1 aliphatic rings. The van der Waals surface area contributed by atoms with Crippen molar-refractivity contribution >= 4 is 11.8 Å². The molecule has 24 heavy (non-hydrogen) atoms. The maximum absolute atomic E-state index is 12.7. The number of amides is 2. The average molecular weight is 338 g/mol. The molecule has 1 fully saturated rings. The molecule has 6 nitrogen and oxygen atoms in total. The van der Waals surface area contributed by atoms with Gasteiger partial charge in [-0.2, -0.15) is 0 Å². The van der Waals surface area contributed by atoms with Gasteiger partial charge < -0.3 is 10.2 Å². The Labute approximate surface area is 146 Å². The fourth-order valence-corrected chi connectivity index (χ4v) is 2.97. The van der Waals surface area contributed by atoms with Gasteiger partial charge in [0, 0.05) is 45.3 Å². The highest BCUT2D eigenvalue weighted by Crippen LogP contribution is 2.10. The molecule has 0 aliphatic carbocycles. The summed E-state index contributed by atoms with van der Waals surface area (Å²) >= 11 is 0. The minimum Gasteiger partial charge on any atom is -0.353 e. The molecule has 1 unspecified atom stereocenters. The molecule has 0 saturated carbocycles. The van der Waals surface area contributed by atoms with E-state index in [2.05, 4.69) is 21.7 Å². The molecule has 2 amide bonds. The zero-order chi connectivity index (χ0) is 18.3. The third-order valence-electron chi connectivity index (χ3n) is 4.28. The van der Waals surface area contributed by atoms with Crippen LogP contribution in [0.15, 0.2) is 12.2 Å². The first-order valence-corrected chi connectivity index (χ1v) is 8.93. The molecule has 0 aromatic heterocycles. The normalized spacial score (nSPS) is 17.6. The molecular formula is C18H34N4O2. The Kier molecular flexibility index (Phi) is 8.42. The number of carbonyl (C=O) groups is 2. The number of carbonyl (C=O) groups excluding carboxylic acids is 2. The van der Waals surface area contributed by atoms with E-state index in [1.807, 2.05) is 39.5 Å². The number of hydrogen-bond donors (Lipinski definition) is 1. The second-order valence-electron chi connectivity index (χ2n) is 7.02. The number of nitrogens with zero attached hydrogens (tertiary/aromatic N) is 3. The lowest BCUT2D eigenvalue weighted by Gasteiger charge is -2.38. The van der Waals surface area contributed by atoms with Gasteiger partial charge in [0.1, 0.15) is 0 Å². The average Bonchev–Trinajstić information content (AvgIpc) is 2.51. The first kappa shape index (κ1) is 20.6. The second-order valence-corrected chi connectivity index (χ2v) is 7.02. The topological polar surface area (TPSA) is 55.9 Å². The van der Waals surface area contributed by atoms with Crippen molar-refractivity contribution in [3.05, 3.63) is 12.2 Å². The molecule has 1 heterocycles. The molecule has 6 heteroatoms. The molecule has 0 radical (unpaired) electrons. The zero-order valence-electron chi connectivity index (χ0n) is 16.0. The Morgan fingerprint density at radius 1 is 1.17 bits per heavy atom. The first-order chi connectivity index (χ1) is 11.2. The van der Waals surface area contributed by atoms with Crippen molar-refractivity contribution in [3.63, 3.8) is 0 Å². The lowest BCUT2D eigenvalue weighted by molar-refractivity contribution is -0.137. The second kappa shape index (κ2) is 9.79. The molecule has 0 bridgehead atoms. The van der Waals surface area contributed by atoms with E-state index in [1.165, 1.54) is 0 Å². The lowest BCUT2D eigenvalue weighted by atomic mass is 10.2. The molecule has 1 rings (SSSR count). The zero-order valence-corrected chi connectivity index (χ0v) is 16.0. The monoisotopic (exact) mass is 338 g/mol. The molecule has 1 saturated heterocycles. The number of piperazine rings is 1. The summed E-state index contributed by atoms with van der Waals surface area (Å²) in [6, 6.07) is 0.0423. The standard InChI is InChI=1S/C18H34N4O2/c1-7-21(12-14(2)3)18(24)16(6)22-10-8-20(9-11-22)13-17(23)19-15(4)5/h15-16H,2,7-13H2,1,3-6H3,(H,19,23). The van der Waals surface area contributed by atoms with Crippen molar-refractivity contribution in [2.75, 3.05) is 45.8 Å². The predicted octanol–water partition coefficient (Wildman–Crippen LogP) is 0.942. The Hall–Kier alpha value is -1.40. The van der Waals surface area contributed by atoms with Crippen LogP contribution in [-0.2, 0) is 9.59 Å². The van der Waals surface area contributed by atoms with E-state index in [1.54, 1.807) is 0 Å². The van der Waals surface area contributed by atoms with E-state index in [9.17, 15) is 9.59 Å². The van der Waals surface area contributed by atoms with E-state index in [0.29, 0.717) is 19.6 Å². The van der Waals surface area contributed by atoms with Gasteiger partial charge in [-0.05, 0) is 34.6 Å². The molecule has 0 aromatic carbocycles. The largest absolute Gasteiger partial charge is 0.353 e. The van der Waals surface area contributed by atoms with Gasteiger partial charge in [0.05, 0.1) is 12.6 Å². The van der Waals surface area contributed by atoms with Crippen LogP contribution >= 0.6 is 0 Å². The van der Waals surface area contributed by atoms with Crippen LogP contribution in [0.3, 0.4) is 0 Å². The van der Waals surface area contributed by atoms with Crippen molar-refractivity contribution in [2.24, 2.45) is 0 Å². The van der Waals surface area contributed by atoms with Crippen molar-refractivity contribution < 1.29 is 9.59 Å². The summed E-state index contributed by atoms with van der Waals surface area (Å²) in [7, 11) is 0. The van der Waals surface area contributed by atoms with E-state index in [0.717, 1.165) is 31.8 Å². The molecule has 1 aliphatic heterocycles. The van der Waals surface area contributed by atoms with Gasteiger partial charge in [0.25, 0.3) is 0 Å². The quantitative estimate of drug-likeness (QED) is 0.669. The molecule has 0 spiro atoms. The minimum absolute atomic E-state index is 0.0705. The van der Waals surface area contributed by atoms with E-state index >= 15 is 0 Å². The molecule has 138 valence electrons. The number of likely N-dealkylation sites (N-methyl/N-ethyl adjacent to an activating group) is 1. The van der Waals surface area contributed by atoms with Gasteiger partial charge in [-0.1, -0.05) is 12.2 Å². The van der Waals surface area contributed by atoms with Gasteiger partial charge in [0.2, 0.25) is 11.8 Å². The van der Waals surface area contributed by atoms with E-state index in [4.69, 9.17) is 0 Å². The smallest absolute Gasteiger partial charge is 0.239 e. The Balaban J connectivity index is 2.47. The van der Waals surface area contributed by atoms with Gasteiger partial charge >= 0.3 is 0 Å².